The molecule has 0 aromatic rings. The smallest absolute Gasteiger partial charge is 0.220 e. The molecule has 1 amide bonds. The number of carbonyl (C=O) groups excluding carboxylic acids is 1. The van der Waals surface area contributed by atoms with Crippen LogP contribution in [0.3, 0.4) is 0 Å². The van der Waals surface area contributed by atoms with Crippen molar-refractivity contribution in [2.24, 2.45) is 28.7 Å². The zero-order chi connectivity index (χ0) is 16.9. The molecule has 1 aliphatic heterocycles. The minimum absolute atomic E-state index is 0. The lowest BCUT2D eigenvalue weighted by molar-refractivity contribution is -0.121. The Balaban J connectivity index is 0.00000225. The topological polar surface area (TPSA) is 56.7 Å². The minimum Gasteiger partial charge on any atom is -0.359 e. The van der Waals surface area contributed by atoms with E-state index in [0.29, 0.717) is 12.3 Å². The van der Waals surface area contributed by atoms with Gasteiger partial charge in [-0.25, -0.2) is 0 Å². The first-order valence-corrected chi connectivity index (χ1v) is 9.85. The highest BCUT2D eigenvalue weighted by Crippen LogP contribution is 2.49. The van der Waals surface area contributed by atoms with E-state index in [1.165, 1.54) is 32.1 Å². The first kappa shape index (κ1) is 20.8. The monoisotopic (exact) mass is 462 g/mol. The predicted molar refractivity (Wildman–Crippen MR) is 113 cm³/mol. The van der Waals surface area contributed by atoms with Gasteiger partial charge in [-0.05, 0) is 62.2 Å². The van der Waals surface area contributed by atoms with E-state index in [0.717, 1.165) is 56.2 Å². The zero-order valence-corrected chi connectivity index (χ0v) is 18.1. The fourth-order valence-corrected chi connectivity index (χ4v) is 5.14. The Bertz CT molecular complexity index is 462. The van der Waals surface area contributed by atoms with Crippen molar-refractivity contribution >= 4 is 35.8 Å². The second-order valence-electron chi connectivity index (χ2n) is 8.01. The summed E-state index contributed by atoms with van der Waals surface area (Å²) in [5.74, 6) is 4.75. The molecule has 3 unspecified atom stereocenters. The van der Waals surface area contributed by atoms with Gasteiger partial charge in [0.2, 0.25) is 5.91 Å². The van der Waals surface area contributed by atoms with E-state index in [1.807, 2.05) is 7.05 Å². The molecule has 3 aliphatic rings. The normalized spacial score (nSPS) is 29.4. The number of hydrogen-bond donors (Lipinski definition) is 2. The van der Waals surface area contributed by atoms with Crippen LogP contribution in [0.4, 0.5) is 0 Å². The van der Waals surface area contributed by atoms with E-state index >= 15 is 0 Å². The molecular weight excluding hydrogens is 427 g/mol. The van der Waals surface area contributed by atoms with Gasteiger partial charge in [-0.15, -0.1) is 24.0 Å². The predicted octanol–water partition coefficient (Wildman–Crippen LogP) is 2.85. The number of piperidine rings is 1. The molecule has 2 aliphatic carbocycles. The van der Waals surface area contributed by atoms with Crippen LogP contribution in [-0.4, -0.2) is 50.5 Å². The number of amides is 1. The summed E-state index contributed by atoms with van der Waals surface area (Å²) in [4.78, 5) is 18.4. The van der Waals surface area contributed by atoms with Crippen LogP contribution in [-0.2, 0) is 4.79 Å². The molecule has 144 valence electrons. The number of halogens is 1. The molecule has 3 rings (SSSR count). The van der Waals surface area contributed by atoms with Gasteiger partial charge in [0, 0.05) is 40.2 Å². The van der Waals surface area contributed by atoms with Crippen molar-refractivity contribution in [1.82, 2.24) is 15.5 Å². The number of hydrogen-bond acceptors (Lipinski definition) is 2. The summed E-state index contributed by atoms with van der Waals surface area (Å²) in [6.07, 6.45) is 10.1. The van der Waals surface area contributed by atoms with E-state index in [4.69, 9.17) is 0 Å². The Morgan fingerprint density at radius 2 is 1.92 bits per heavy atom. The molecule has 2 bridgehead atoms. The van der Waals surface area contributed by atoms with Crippen molar-refractivity contribution in [2.45, 2.75) is 51.4 Å². The minimum atomic E-state index is 0. The lowest BCUT2D eigenvalue weighted by atomic mass is 9.86. The molecule has 3 atom stereocenters. The van der Waals surface area contributed by atoms with Crippen molar-refractivity contribution in [3.8, 4) is 0 Å². The van der Waals surface area contributed by atoms with Gasteiger partial charge >= 0.3 is 0 Å². The zero-order valence-electron chi connectivity index (χ0n) is 15.8. The Morgan fingerprint density at radius 1 is 1.16 bits per heavy atom. The second-order valence-corrected chi connectivity index (χ2v) is 8.01. The number of guanidine groups is 1. The van der Waals surface area contributed by atoms with Crippen LogP contribution in [0.25, 0.3) is 0 Å². The number of nitrogens with zero attached hydrogens (tertiary/aromatic N) is 2. The van der Waals surface area contributed by atoms with Crippen LogP contribution in [0.1, 0.15) is 51.4 Å². The van der Waals surface area contributed by atoms with Crippen LogP contribution >= 0.6 is 24.0 Å². The summed E-state index contributed by atoms with van der Waals surface area (Å²) < 4.78 is 0. The molecule has 0 aromatic carbocycles. The van der Waals surface area contributed by atoms with Crippen molar-refractivity contribution in [1.29, 1.82) is 0 Å². The van der Waals surface area contributed by atoms with Gasteiger partial charge in [0.25, 0.3) is 0 Å². The van der Waals surface area contributed by atoms with Gasteiger partial charge < -0.3 is 15.5 Å². The number of aliphatic imine (C=N–C) groups is 1. The number of rotatable bonds is 5. The van der Waals surface area contributed by atoms with Crippen molar-refractivity contribution in [3.63, 3.8) is 0 Å². The Labute approximate surface area is 169 Å². The Morgan fingerprint density at radius 3 is 2.48 bits per heavy atom. The van der Waals surface area contributed by atoms with Crippen LogP contribution in [0.5, 0.6) is 0 Å². The van der Waals surface area contributed by atoms with Crippen molar-refractivity contribution in [2.75, 3.05) is 33.7 Å². The fraction of sp³-hybridized carbons (Fsp3) is 0.895. The Kier molecular flexibility index (Phi) is 8.29. The molecule has 2 saturated carbocycles. The number of likely N-dealkylation sites (tertiary alicyclic amines) is 1. The van der Waals surface area contributed by atoms with Crippen LogP contribution < -0.4 is 10.6 Å². The van der Waals surface area contributed by atoms with Crippen LogP contribution in [0.15, 0.2) is 4.99 Å². The van der Waals surface area contributed by atoms with Crippen molar-refractivity contribution in [3.05, 3.63) is 0 Å². The van der Waals surface area contributed by atoms with E-state index in [9.17, 15) is 4.79 Å². The summed E-state index contributed by atoms with van der Waals surface area (Å²) in [5, 5.41) is 6.32. The number of nitrogens with one attached hydrogen (secondary N) is 2. The standard InChI is InChI=1S/C19H34N4O.HI/c1-20-18(24)13-14-6-9-23(10-7-14)19(21-2)22-8-5-17-12-15-3-4-16(17)11-15;/h14-17H,3-13H2,1-2H3,(H,20,24)(H,21,22);1H. The largest absolute Gasteiger partial charge is 0.359 e. The van der Waals surface area contributed by atoms with Gasteiger partial charge in [0.05, 0.1) is 0 Å². The maximum atomic E-state index is 11.5. The molecule has 0 radical (unpaired) electrons. The van der Waals surface area contributed by atoms with Gasteiger partial charge in [0.15, 0.2) is 5.96 Å². The Hall–Kier alpha value is -0.530. The average molecular weight is 462 g/mol. The molecule has 0 aromatic heterocycles. The quantitative estimate of drug-likeness (QED) is 0.376. The molecule has 5 nitrogen and oxygen atoms in total. The molecule has 2 N–H and O–H groups in total. The molecule has 1 saturated heterocycles. The second kappa shape index (κ2) is 9.97. The summed E-state index contributed by atoms with van der Waals surface area (Å²) >= 11 is 0. The molecular formula is C19H35IN4O. The van der Waals surface area contributed by atoms with Crippen molar-refractivity contribution < 1.29 is 4.79 Å². The third-order valence-electron chi connectivity index (χ3n) is 6.56. The molecule has 1 heterocycles. The first-order chi connectivity index (χ1) is 11.7. The fourth-order valence-electron chi connectivity index (χ4n) is 5.14. The third kappa shape index (κ3) is 5.47. The lowest BCUT2D eigenvalue weighted by Gasteiger charge is -2.34. The number of fused-ring (bicyclic) bond motifs is 2. The molecule has 0 spiro atoms. The summed E-state index contributed by atoms with van der Waals surface area (Å²) in [5.41, 5.74) is 0. The van der Waals surface area contributed by atoms with Gasteiger partial charge in [-0.1, -0.05) is 6.42 Å². The summed E-state index contributed by atoms with van der Waals surface area (Å²) in [6.45, 7) is 3.07. The third-order valence-corrected chi connectivity index (χ3v) is 6.56. The molecule has 6 heteroatoms. The van der Waals surface area contributed by atoms with Gasteiger partial charge in [-0.3, -0.25) is 9.79 Å². The SMILES string of the molecule is CN=C(NCCC1CC2CCC1C2)N1CCC(CC(=O)NC)CC1.I. The summed E-state index contributed by atoms with van der Waals surface area (Å²) in [7, 11) is 3.61. The molecule has 3 fully saturated rings. The van der Waals surface area contributed by atoms with E-state index in [2.05, 4.69) is 20.5 Å². The van der Waals surface area contributed by atoms with E-state index in [-0.39, 0.29) is 29.9 Å². The molecule has 25 heavy (non-hydrogen) atoms. The van der Waals surface area contributed by atoms with Gasteiger partial charge in [-0.2, -0.15) is 0 Å². The van der Waals surface area contributed by atoms with Crippen LogP contribution in [0, 0.1) is 23.7 Å². The highest BCUT2D eigenvalue weighted by Gasteiger charge is 2.38. The first-order valence-electron chi connectivity index (χ1n) is 9.85. The highest BCUT2D eigenvalue weighted by molar-refractivity contribution is 14.0. The maximum absolute atomic E-state index is 11.5. The van der Waals surface area contributed by atoms with Gasteiger partial charge in [0.1, 0.15) is 0 Å². The highest BCUT2D eigenvalue weighted by atomic mass is 127. The average Bonchev–Trinajstić information content (AvgIpc) is 3.22. The summed E-state index contributed by atoms with van der Waals surface area (Å²) in [6, 6.07) is 0. The van der Waals surface area contributed by atoms with E-state index in [1.54, 1.807) is 7.05 Å². The lowest BCUT2D eigenvalue weighted by Crippen LogP contribution is -2.46. The maximum Gasteiger partial charge on any atom is 0.220 e. The van der Waals surface area contributed by atoms with Crippen LogP contribution in [0.2, 0.25) is 0 Å². The van der Waals surface area contributed by atoms with E-state index < -0.39 is 0 Å². The number of carbonyl (C=O) groups is 1.